The van der Waals surface area contributed by atoms with Crippen LogP contribution >= 0.6 is 0 Å². The number of nitrogens with one attached hydrogen (secondary N) is 1. The molecule has 6 nitrogen and oxygen atoms in total. The topological polar surface area (TPSA) is 59.4 Å². The number of benzene rings is 2. The van der Waals surface area contributed by atoms with Crippen molar-refractivity contribution >= 4 is 11.7 Å². The number of rotatable bonds is 5. The van der Waals surface area contributed by atoms with E-state index >= 15 is 0 Å². The fraction of sp³-hybridized carbons (Fsp3) is 0.333. The third kappa shape index (κ3) is 5.00. The normalized spacial score (nSPS) is 14.5. The highest BCUT2D eigenvalue weighted by Gasteiger charge is 2.23. The molecule has 3 aromatic rings. The van der Waals surface area contributed by atoms with Gasteiger partial charge in [0, 0.05) is 44.6 Å². The molecular weight excluding hydrogens is 376 g/mol. The van der Waals surface area contributed by atoms with Crippen molar-refractivity contribution < 1.29 is 9.53 Å². The molecule has 0 saturated carbocycles. The Bertz CT molecular complexity index is 988. The number of urea groups is 1. The van der Waals surface area contributed by atoms with Gasteiger partial charge >= 0.3 is 6.03 Å². The Morgan fingerprint density at radius 1 is 1.13 bits per heavy atom. The van der Waals surface area contributed by atoms with Gasteiger partial charge in [-0.3, -0.25) is 0 Å². The molecule has 4 rings (SSSR count). The van der Waals surface area contributed by atoms with Gasteiger partial charge in [-0.15, -0.1) is 0 Å². The Morgan fingerprint density at radius 2 is 1.90 bits per heavy atom. The van der Waals surface area contributed by atoms with Crippen molar-refractivity contribution in [3.05, 3.63) is 72.3 Å². The molecule has 0 radical (unpaired) electrons. The van der Waals surface area contributed by atoms with Crippen molar-refractivity contribution in [1.29, 1.82) is 0 Å². The molecule has 0 spiro atoms. The first-order valence-corrected chi connectivity index (χ1v) is 10.4. The van der Waals surface area contributed by atoms with E-state index in [2.05, 4.69) is 14.9 Å². The Kier molecular flexibility index (Phi) is 6.02. The summed E-state index contributed by atoms with van der Waals surface area (Å²) < 4.78 is 7.94. The van der Waals surface area contributed by atoms with Crippen LogP contribution in [0.15, 0.2) is 60.9 Å². The number of imidazole rings is 1. The van der Waals surface area contributed by atoms with Crippen molar-refractivity contribution in [2.24, 2.45) is 13.0 Å². The smallest absolute Gasteiger partial charge is 0.321 e. The second-order valence-corrected chi connectivity index (χ2v) is 7.96. The van der Waals surface area contributed by atoms with E-state index in [1.165, 1.54) is 0 Å². The third-order valence-electron chi connectivity index (χ3n) is 5.62. The number of hydrogen-bond acceptors (Lipinski definition) is 3. The summed E-state index contributed by atoms with van der Waals surface area (Å²) in [6.45, 7) is 3.58. The SMILES string of the molecule is Cc1cccc(Oc2ccc(NC(=O)N3CCC(Cc4nccn4C)CC3)cc2)c1. The highest BCUT2D eigenvalue weighted by Crippen LogP contribution is 2.25. The second kappa shape index (κ2) is 9.03. The standard InChI is InChI=1S/C24H28N4O2/c1-18-4-3-5-22(16-18)30-21-8-6-20(7-9-21)26-24(29)28-13-10-19(11-14-28)17-23-25-12-15-27(23)2/h3-9,12,15-16,19H,10-11,13-14,17H2,1-2H3,(H,26,29). The number of aryl methyl sites for hydroxylation is 2. The lowest BCUT2D eigenvalue weighted by Gasteiger charge is -2.32. The zero-order valence-corrected chi connectivity index (χ0v) is 17.5. The van der Waals surface area contributed by atoms with E-state index in [4.69, 9.17) is 4.74 Å². The lowest BCUT2D eigenvalue weighted by molar-refractivity contribution is 0.181. The van der Waals surface area contributed by atoms with Gasteiger partial charge in [-0.05, 0) is 67.6 Å². The number of aromatic nitrogens is 2. The van der Waals surface area contributed by atoms with E-state index in [0.29, 0.717) is 5.92 Å². The largest absolute Gasteiger partial charge is 0.457 e. The quantitative estimate of drug-likeness (QED) is 0.650. The van der Waals surface area contributed by atoms with Gasteiger partial charge in [0.1, 0.15) is 17.3 Å². The first-order chi connectivity index (χ1) is 14.6. The van der Waals surface area contributed by atoms with Gasteiger partial charge in [-0.2, -0.15) is 0 Å². The molecule has 0 bridgehead atoms. The van der Waals surface area contributed by atoms with Crippen LogP contribution in [0, 0.1) is 12.8 Å². The molecule has 1 aliphatic rings. The number of piperidine rings is 1. The zero-order chi connectivity index (χ0) is 20.9. The van der Waals surface area contributed by atoms with E-state index in [-0.39, 0.29) is 6.03 Å². The van der Waals surface area contributed by atoms with Crippen LogP contribution in [-0.4, -0.2) is 33.6 Å². The first kappa shape index (κ1) is 20.0. The van der Waals surface area contributed by atoms with Crippen LogP contribution in [0.25, 0.3) is 0 Å². The Hall–Kier alpha value is -3.28. The number of carbonyl (C=O) groups excluding carboxylic acids is 1. The molecule has 6 heteroatoms. The lowest BCUT2D eigenvalue weighted by atomic mass is 9.93. The molecule has 1 fully saturated rings. The van der Waals surface area contributed by atoms with E-state index in [0.717, 1.165) is 60.9 Å². The van der Waals surface area contributed by atoms with Crippen LogP contribution in [0.4, 0.5) is 10.5 Å². The first-order valence-electron chi connectivity index (χ1n) is 10.4. The van der Waals surface area contributed by atoms with E-state index in [1.807, 2.05) is 79.8 Å². The summed E-state index contributed by atoms with van der Waals surface area (Å²) in [5, 5.41) is 3.00. The Morgan fingerprint density at radius 3 is 2.57 bits per heavy atom. The molecular formula is C24H28N4O2. The zero-order valence-electron chi connectivity index (χ0n) is 17.5. The highest BCUT2D eigenvalue weighted by molar-refractivity contribution is 5.89. The number of carbonyl (C=O) groups is 1. The Labute approximate surface area is 177 Å². The minimum atomic E-state index is -0.0437. The number of ether oxygens (including phenoxy) is 1. The molecule has 2 aromatic carbocycles. The minimum Gasteiger partial charge on any atom is -0.457 e. The summed E-state index contributed by atoms with van der Waals surface area (Å²) in [6.07, 6.45) is 6.80. The molecule has 0 atom stereocenters. The summed E-state index contributed by atoms with van der Waals surface area (Å²) in [7, 11) is 2.03. The van der Waals surface area contributed by atoms with Gasteiger partial charge in [0.05, 0.1) is 0 Å². The summed E-state index contributed by atoms with van der Waals surface area (Å²) >= 11 is 0. The summed E-state index contributed by atoms with van der Waals surface area (Å²) in [6, 6.07) is 15.4. The molecule has 30 heavy (non-hydrogen) atoms. The molecule has 1 aromatic heterocycles. The average molecular weight is 405 g/mol. The fourth-order valence-electron chi connectivity index (χ4n) is 3.82. The van der Waals surface area contributed by atoms with E-state index < -0.39 is 0 Å². The van der Waals surface area contributed by atoms with Crippen LogP contribution in [0.1, 0.15) is 24.2 Å². The molecule has 2 amide bonds. The maximum atomic E-state index is 12.6. The maximum Gasteiger partial charge on any atom is 0.321 e. The maximum absolute atomic E-state index is 12.6. The lowest BCUT2D eigenvalue weighted by Crippen LogP contribution is -2.41. The summed E-state index contributed by atoms with van der Waals surface area (Å²) in [4.78, 5) is 18.9. The average Bonchev–Trinajstić information content (AvgIpc) is 3.14. The fourth-order valence-corrected chi connectivity index (χ4v) is 3.82. The van der Waals surface area contributed by atoms with Gasteiger partial charge in [0.2, 0.25) is 0 Å². The predicted octanol–water partition coefficient (Wildman–Crippen LogP) is 5.01. The van der Waals surface area contributed by atoms with Crippen molar-refractivity contribution in [2.45, 2.75) is 26.2 Å². The van der Waals surface area contributed by atoms with Crippen LogP contribution in [0.5, 0.6) is 11.5 Å². The van der Waals surface area contributed by atoms with E-state index in [1.54, 1.807) is 0 Å². The summed E-state index contributed by atoms with van der Waals surface area (Å²) in [5.41, 5.74) is 1.92. The number of hydrogen-bond donors (Lipinski definition) is 1. The molecule has 1 aliphatic heterocycles. The van der Waals surface area contributed by atoms with Crippen molar-refractivity contribution in [2.75, 3.05) is 18.4 Å². The van der Waals surface area contributed by atoms with Crippen LogP contribution in [0.3, 0.4) is 0 Å². The van der Waals surface area contributed by atoms with Crippen molar-refractivity contribution in [3.63, 3.8) is 0 Å². The second-order valence-electron chi connectivity index (χ2n) is 7.96. The van der Waals surface area contributed by atoms with Gasteiger partial charge in [-0.1, -0.05) is 12.1 Å². The van der Waals surface area contributed by atoms with Crippen LogP contribution in [-0.2, 0) is 13.5 Å². The van der Waals surface area contributed by atoms with E-state index in [9.17, 15) is 4.79 Å². The third-order valence-corrected chi connectivity index (χ3v) is 5.62. The van der Waals surface area contributed by atoms with Crippen molar-refractivity contribution in [1.82, 2.24) is 14.5 Å². The van der Waals surface area contributed by atoms with Gasteiger partial charge < -0.3 is 19.5 Å². The van der Waals surface area contributed by atoms with Crippen LogP contribution in [0.2, 0.25) is 0 Å². The predicted molar refractivity (Wildman–Crippen MR) is 118 cm³/mol. The van der Waals surface area contributed by atoms with Gasteiger partial charge in [-0.25, -0.2) is 9.78 Å². The highest BCUT2D eigenvalue weighted by atomic mass is 16.5. The molecule has 0 aliphatic carbocycles. The molecule has 156 valence electrons. The number of nitrogens with zero attached hydrogens (tertiary/aromatic N) is 3. The number of anilines is 1. The van der Waals surface area contributed by atoms with Gasteiger partial charge in [0.25, 0.3) is 0 Å². The Balaban J connectivity index is 1.26. The molecule has 1 saturated heterocycles. The summed E-state index contributed by atoms with van der Waals surface area (Å²) in [5.74, 6) is 3.24. The van der Waals surface area contributed by atoms with Crippen LogP contribution < -0.4 is 10.1 Å². The minimum absolute atomic E-state index is 0.0437. The monoisotopic (exact) mass is 404 g/mol. The molecule has 2 heterocycles. The number of likely N-dealkylation sites (tertiary alicyclic amines) is 1. The van der Waals surface area contributed by atoms with Gasteiger partial charge in [0.15, 0.2) is 0 Å². The molecule has 0 unspecified atom stereocenters. The molecule has 1 N–H and O–H groups in total. The van der Waals surface area contributed by atoms with Crippen molar-refractivity contribution in [3.8, 4) is 11.5 Å². The number of amides is 2.